The zero-order valence-electron chi connectivity index (χ0n) is 17.4. The van der Waals surface area contributed by atoms with Crippen molar-refractivity contribution in [2.45, 2.75) is 5.16 Å². The Morgan fingerprint density at radius 1 is 1.22 bits per heavy atom. The molecule has 0 fully saturated rings. The van der Waals surface area contributed by atoms with Crippen molar-refractivity contribution in [2.75, 3.05) is 24.3 Å². The van der Waals surface area contributed by atoms with Gasteiger partial charge in [0.25, 0.3) is 0 Å². The molecule has 0 saturated heterocycles. The second-order valence-corrected chi connectivity index (χ2v) is 8.40. The summed E-state index contributed by atoms with van der Waals surface area (Å²) in [7, 11) is 1.62. The van der Waals surface area contributed by atoms with Crippen molar-refractivity contribution >= 4 is 34.1 Å². The molecule has 0 aliphatic rings. The average Bonchev–Trinajstić information content (AvgIpc) is 3.51. The minimum Gasteiger partial charge on any atom is -0.495 e. The van der Waals surface area contributed by atoms with Crippen LogP contribution in [0.25, 0.3) is 16.9 Å². The van der Waals surface area contributed by atoms with Crippen LogP contribution in [0.3, 0.4) is 0 Å². The monoisotopic (exact) mass is 463 g/mol. The van der Waals surface area contributed by atoms with Gasteiger partial charge in [0.2, 0.25) is 5.91 Å². The van der Waals surface area contributed by atoms with Crippen molar-refractivity contribution in [1.82, 2.24) is 19.7 Å². The molecule has 0 spiro atoms. The van der Waals surface area contributed by atoms with Crippen LogP contribution in [-0.4, -0.2) is 45.1 Å². The molecule has 0 aliphatic carbocycles. The highest BCUT2D eigenvalue weighted by Gasteiger charge is 2.20. The van der Waals surface area contributed by atoms with E-state index in [9.17, 15) is 4.79 Å². The van der Waals surface area contributed by atoms with Crippen LogP contribution in [0.15, 0.2) is 84.1 Å². The number of rotatable bonds is 9. The van der Waals surface area contributed by atoms with Gasteiger partial charge in [-0.05, 0) is 12.1 Å². The van der Waals surface area contributed by atoms with E-state index in [-0.39, 0.29) is 11.7 Å². The third-order valence-corrected chi connectivity index (χ3v) is 6.38. The van der Waals surface area contributed by atoms with Gasteiger partial charge in [0.15, 0.2) is 10.3 Å². The Labute approximate surface area is 194 Å². The van der Waals surface area contributed by atoms with Gasteiger partial charge in [-0.25, -0.2) is 4.98 Å². The number of carbonyl (C=O) groups excluding carboxylic acids is 1. The number of carbonyl (C=O) groups is 1. The number of hydrogen-bond donors (Lipinski definition) is 0. The van der Waals surface area contributed by atoms with E-state index in [2.05, 4.69) is 21.8 Å². The predicted octanol–water partition coefficient (Wildman–Crippen LogP) is 4.71. The smallest absolute Gasteiger partial charge is 0.239 e. The Morgan fingerprint density at radius 2 is 2.00 bits per heavy atom. The normalized spacial score (nSPS) is 10.7. The number of hydrogen-bond acceptors (Lipinski definition) is 7. The number of benzene rings is 2. The second-order valence-electron chi connectivity index (χ2n) is 6.62. The first-order valence-electron chi connectivity index (χ1n) is 9.79. The van der Waals surface area contributed by atoms with Crippen molar-refractivity contribution in [3.05, 3.63) is 79.0 Å². The Bertz CT molecular complexity index is 1210. The number of methoxy groups -OCH3 is 1. The number of thioether (sulfide) groups is 1. The maximum atomic E-state index is 13.1. The summed E-state index contributed by atoms with van der Waals surface area (Å²) in [5.41, 5.74) is 2.67. The third-order valence-electron chi connectivity index (χ3n) is 4.59. The highest BCUT2D eigenvalue weighted by atomic mass is 32.2. The van der Waals surface area contributed by atoms with Crippen LogP contribution < -0.4 is 9.64 Å². The number of amides is 1. The Kier molecular flexibility index (Phi) is 6.98. The Hall–Kier alpha value is -3.43. The van der Waals surface area contributed by atoms with E-state index in [0.717, 1.165) is 16.9 Å². The highest BCUT2D eigenvalue weighted by molar-refractivity contribution is 7.99. The van der Waals surface area contributed by atoms with Gasteiger partial charge in [0.1, 0.15) is 12.1 Å². The fourth-order valence-corrected chi connectivity index (χ4v) is 4.72. The fourth-order valence-electron chi connectivity index (χ4n) is 3.07. The van der Waals surface area contributed by atoms with E-state index in [1.165, 1.54) is 23.1 Å². The van der Waals surface area contributed by atoms with Crippen LogP contribution in [0.5, 0.6) is 5.75 Å². The van der Waals surface area contributed by atoms with E-state index in [1.54, 1.807) is 24.4 Å². The molecular formula is C23H21N5O2S2. The molecule has 0 radical (unpaired) electrons. The lowest BCUT2D eigenvalue weighted by Crippen LogP contribution is -2.32. The first-order chi connectivity index (χ1) is 15.7. The Balaban J connectivity index is 1.50. The van der Waals surface area contributed by atoms with E-state index < -0.39 is 0 Å². The van der Waals surface area contributed by atoms with Crippen molar-refractivity contribution in [1.29, 1.82) is 0 Å². The van der Waals surface area contributed by atoms with E-state index in [1.807, 2.05) is 64.5 Å². The number of nitrogens with zero attached hydrogens (tertiary/aromatic N) is 5. The molecule has 7 nitrogen and oxygen atoms in total. The van der Waals surface area contributed by atoms with Gasteiger partial charge >= 0.3 is 0 Å². The molecule has 1 amide bonds. The largest absolute Gasteiger partial charge is 0.495 e. The van der Waals surface area contributed by atoms with Crippen LogP contribution >= 0.6 is 23.1 Å². The van der Waals surface area contributed by atoms with Gasteiger partial charge in [-0.3, -0.25) is 14.3 Å². The summed E-state index contributed by atoms with van der Waals surface area (Å²) in [6.07, 6.45) is 3.31. The lowest BCUT2D eigenvalue weighted by molar-refractivity contribution is -0.116. The van der Waals surface area contributed by atoms with Gasteiger partial charge < -0.3 is 4.74 Å². The summed E-state index contributed by atoms with van der Waals surface area (Å²) < 4.78 is 7.25. The second kappa shape index (κ2) is 10.3. The quantitative estimate of drug-likeness (QED) is 0.264. The molecule has 0 unspecified atom stereocenters. The minimum absolute atomic E-state index is 0.0848. The molecule has 4 aromatic rings. The first-order valence-corrected chi connectivity index (χ1v) is 11.7. The van der Waals surface area contributed by atoms with Crippen LogP contribution in [0.1, 0.15) is 0 Å². The van der Waals surface area contributed by atoms with Gasteiger partial charge in [0.05, 0.1) is 24.2 Å². The highest BCUT2D eigenvalue weighted by Crippen LogP contribution is 2.29. The molecule has 0 aliphatic heterocycles. The molecule has 0 bridgehead atoms. The standard InChI is InChI=1S/C23H21N5O2S2/c1-3-13-27(22-25-18(14-31-22)17-9-5-4-6-10-17)21(29)15-32-23-26-24-16-28(23)19-11-7-8-12-20(19)30-2/h3-12,14,16H,1,13,15H2,2H3. The summed E-state index contributed by atoms with van der Waals surface area (Å²) in [6.45, 7) is 4.17. The lowest BCUT2D eigenvalue weighted by atomic mass is 10.2. The molecule has 0 N–H and O–H groups in total. The van der Waals surface area contributed by atoms with Crippen LogP contribution in [-0.2, 0) is 4.79 Å². The van der Waals surface area contributed by atoms with Crippen molar-refractivity contribution in [3.8, 4) is 22.7 Å². The summed E-state index contributed by atoms with van der Waals surface area (Å²) in [6, 6.07) is 17.5. The average molecular weight is 464 g/mol. The molecule has 2 aromatic heterocycles. The lowest BCUT2D eigenvalue weighted by Gasteiger charge is -2.18. The molecule has 2 aromatic carbocycles. The van der Waals surface area contributed by atoms with Crippen molar-refractivity contribution in [3.63, 3.8) is 0 Å². The molecular weight excluding hydrogens is 442 g/mol. The van der Waals surface area contributed by atoms with Gasteiger partial charge in [0, 0.05) is 17.5 Å². The summed E-state index contributed by atoms with van der Waals surface area (Å²) in [5, 5.41) is 11.4. The topological polar surface area (TPSA) is 73.1 Å². The minimum atomic E-state index is -0.0848. The maximum Gasteiger partial charge on any atom is 0.239 e. The number of ether oxygens (including phenoxy) is 1. The van der Waals surface area contributed by atoms with Gasteiger partial charge in [-0.1, -0.05) is 60.3 Å². The number of para-hydroxylation sites is 2. The van der Waals surface area contributed by atoms with Crippen LogP contribution in [0.4, 0.5) is 5.13 Å². The molecule has 4 rings (SSSR count). The molecule has 0 atom stereocenters. The summed E-state index contributed by atoms with van der Waals surface area (Å²) in [5.74, 6) is 0.797. The van der Waals surface area contributed by atoms with E-state index >= 15 is 0 Å². The van der Waals surface area contributed by atoms with E-state index in [4.69, 9.17) is 4.74 Å². The predicted molar refractivity (Wildman–Crippen MR) is 129 cm³/mol. The molecule has 32 heavy (non-hydrogen) atoms. The zero-order valence-corrected chi connectivity index (χ0v) is 19.1. The first kappa shape index (κ1) is 21.8. The molecule has 162 valence electrons. The third kappa shape index (κ3) is 4.74. The SMILES string of the molecule is C=CCN(C(=O)CSc1nncn1-c1ccccc1OC)c1nc(-c2ccccc2)cs1. The zero-order chi connectivity index (χ0) is 22.3. The maximum absolute atomic E-state index is 13.1. The van der Waals surface area contributed by atoms with Crippen LogP contribution in [0, 0.1) is 0 Å². The number of aromatic nitrogens is 4. The number of anilines is 1. The van der Waals surface area contributed by atoms with Crippen molar-refractivity contribution in [2.24, 2.45) is 0 Å². The van der Waals surface area contributed by atoms with Crippen molar-refractivity contribution < 1.29 is 9.53 Å². The fraction of sp³-hybridized carbons (Fsp3) is 0.130. The number of thiazole rings is 1. The molecule has 9 heteroatoms. The van der Waals surface area contributed by atoms with Gasteiger partial charge in [-0.2, -0.15) is 0 Å². The molecule has 2 heterocycles. The summed E-state index contributed by atoms with van der Waals surface area (Å²) >= 11 is 2.75. The molecule has 0 saturated carbocycles. The van der Waals surface area contributed by atoms with Crippen LogP contribution in [0.2, 0.25) is 0 Å². The van der Waals surface area contributed by atoms with E-state index in [0.29, 0.717) is 22.6 Å². The van der Waals surface area contributed by atoms with Gasteiger partial charge in [-0.15, -0.1) is 28.1 Å². The Morgan fingerprint density at radius 3 is 2.78 bits per heavy atom. The summed E-state index contributed by atoms with van der Waals surface area (Å²) in [4.78, 5) is 19.4.